The van der Waals surface area contributed by atoms with Gasteiger partial charge in [-0.2, -0.15) is 0 Å². The van der Waals surface area contributed by atoms with Crippen molar-refractivity contribution < 1.29 is 13.2 Å². The molecule has 0 bridgehead atoms. The molecular formula is C14H27N3O3S. The molecule has 1 saturated carbocycles. The molecule has 1 aliphatic heterocycles. The SMILES string of the molecule is CS(=O)(=O)NC1CCCN(C(=O)NCC2CCCCC2)C1. The van der Waals surface area contributed by atoms with E-state index in [-0.39, 0.29) is 12.1 Å². The Morgan fingerprint density at radius 2 is 1.86 bits per heavy atom. The van der Waals surface area contributed by atoms with Crippen LogP contribution in [0.25, 0.3) is 0 Å². The van der Waals surface area contributed by atoms with Gasteiger partial charge in [0, 0.05) is 25.7 Å². The number of rotatable bonds is 4. The maximum absolute atomic E-state index is 12.2. The molecule has 1 heterocycles. The Morgan fingerprint density at radius 3 is 2.52 bits per heavy atom. The first-order chi connectivity index (χ1) is 9.94. The van der Waals surface area contributed by atoms with Gasteiger partial charge < -0.3 is 10.2 Å². The highest BCUT2D eigenvalue weighted by Gasteiger charge is 2.25. The predicted octanol–water partition coefficient (Wildman–Crippen LogP) is 1.29. The molecule has 2 fully saturated rings. The minimum Gasteiger partial charge on any atom is -0.338 e. The zero-order chi connectivity index (χ0) is 15.3. The number of nitrogens with one attached hydrogen (secondary N) is 2. The van der Waals surface area contributed by atoms with Crippen molar-refractivity contribution in [3.8, 4) is 0 Å². The van der Waals surface area contributed by atoms with Crippen molar-refractivity contribution in [1.82, 2.24) is 14.9 Å². The van der Waals surface area contributed by atoms with Gasteiger partial charge in [0.1, 0.15) is 0 Å². The Morgan fingerprint density at radius 1 is 1.14 bits per heavy atom. The second-order valence-electron chi connectivity index (χ2n) is 6.37. The molecule has 1 unspecified atom stereocenters. The van der Waals surface area contributed by atoms with E-state index in [0.29, 0.717) is 19.0 Å². The van der Waals surface area contributed by atoms with Gasteiger partial charge >= 0.3 is 6.03 Å². The van der Waals surface area contributed by atoms with Crippen LogP contribution in [0.15, 0.2) is 0 Å². The molecule has 1 aliphatic carbocycles. The predicted molar refractivity (Wildman–Crippen MR) is 82.5 cm³/mol. The summed E-state index contributed by atoms with van der Waals surface area (Å²) >= 11 is 0. The fourth-order valence-electron chi connectivity index (χ4n) is 3.30. The van der Waals surface area contributed by atoms with Gasteiger partial charge in [0.25, 0.3) is 0 Å². The lowest BCUT2D eigenvalue weighted by molar-refractivity contribution is 0.174. The topological polar surface area (TPSA) is 78.5 Å². The second-order valence-corrected chi connectivity index (χ2v) is 8.15. The lowest BCUT2D eigenvalue weighted by Crippen LogP contribution is -2.52. The van der Waals surface area contributed by atoms with E-state index in [9.17, 15) is 13.2 Å². The lowest BCUT2D eigenvalue weighted by atomic mass is 9.89. The lowest BCUT2D eigenvalue weighted by Gasteiger charge is -2.33. The molecule has 0 aromatic carbocycles. The molecular weight excluding hydrogens is 290 g/mol. The summed E-state index contributed by atoms with van der Waals surface area (Å²) < 4.78 is 25.2. The largest absolute Gasteiger partial charge is 0.338 e. The first kappa shape index (κ1) is 16.5. The van der Waals surface area contributed by atoms with Gasteiger partial charge in [0.15, 0.2) is 0 Å². The number of hydrogen-bond donors (Lipinski definition) is 2. The molecule has 2 rings (SSSR count). The smallest absolute Gasteiger partial charge is 0.317 e. The summed E-state index contributed by atoms with van der Waals surface area (Å²) in [5, 5.41) is 3.02. The van der Waals surface area contributed by atoms with Crippen LogP contribution in [0.1, 0.15) is 44.9 Å². The molecule has 0 aromatic heterocycles. The molecule has 0 radical (unpaired) electrons. The van der Waals surface area contributed by atoms with Crippen LogP contribution in [-0.2, 0) is 10.0 Å². The van der Waals surface area contributed by atoms with E-state index in [0.717, 1.165) is 25.6 Å². The molecule has 0 aromatic rings. The van der Waals surface area contributed by atoms with Crippen molar-refractivity contribution >= 4 is 16.1 Å². The normalized spacial score (nSPS) is 24.8. The van der Waals surface area contributed by atoms with Crippen molar-refractivity contribution in [2.24, 2.45) is 5.92 Å². The minimum absolute atomic E-state index is 0.0550. The molecule has 21 heavy (non-hydrogen) atoms. The number of likely N-dealkylation sites (tertiary alicyclic amines) is 1. The van der Waals surface area contributed by atoms with E-state index in [1.165, 1.54) is 32.1 Å². The van der Waals surface area contributed by atoms with Crippen molar-refractivity contribution in [2.45, 2.75) is 51.0 Å². The van der Waals surface area contributed by atoms with Crippen LogP contribution in [0.2, 0.25) is 0 Å². The Labute approximate surface area is 127 Å². The first-order valence-corrected chi connectivity index (χ1v) is 9.83. The summed E-state index contributed by atoms with van der Waals surface area (Å²) in [6, 6.07) is -0.213. The summed E-state index contributed by atoms with van der Waals surface area (Å²) in [7, 11) is -3.21. The summed E-state index contributed by atoms with van der Waals surface area (Å²) in [5.74, 6) is 0.609. The average molecular weight is 317 g/mol. The van der Waals surface area contributed by atoms with E-state index in [4.69, 9.17) is 0 Å². The number of piperidine rings is 1. The highest BCUT2D eigenvalue weighted by Crippen LogP contribution is 2.22. The number of urea groups is 1. The fraction of sp³-hybridized carbons (Fsp3) is 0.929. The number of sulfonamides is 1. The Hall–Kier alpha value is -0.820. The standard InChI is InChI=1S/C14H27N3O3S/c1-21(19,20)16-13-8-5-9-17(11-13)14(18)15-10-12-6-3-2-4-7-12/h12-13,16H,2-11H2,1H3,(H,15,18). The van der Waals surface area contributed by atoms with E-state index >= 15 is 0 Å². The van der Waals surface area contributed by atoms with E-state index in [1.807, 2.05) is 0 Å². The van der Waals surface area contributed by atoms with Crippen LogP contribution in [-0.4, -0.2) is 51.3 Å². The number of hydrogen-bond acceptors (Lipinski definition) is 3. The van der Waals surface area contributed by atoms with Crippen LogP contribution in [0, 0.1) is 5.92 Å². The average Bonchev–Trinajstić information content (AvgIpc) is 2.44. The first-order valence-electron chi connectivity index (χ1n) is 7.94. The second kappa shape index (κ2) is 7.45. The Bertz CT molecular complexity index is 446. The maximum Gasteiger partial charge on any atom is 0.317 e. The summed E-state index contributed by atoms with van der Waals surface area (Å²) in [6.07, 6.45) is 9.06. The summed E-state index contributed by atoms with van der Waals surface area (Å²) in [4.78, 5) is 13.9. The van der Waals surface area contributed by atoms with Gasteiger partial charge in [-0.25, -0.2) is 17.9 Å². The van der Waals surface area contributed by atoms with Crippen molar-refractivity contribution in [1.29, 1.82) is 0 Å². The molecule has 1 saturated heterocycles. The fourth-order valence-corrected chi connectivity index (χ4v) is 4.09. The maximum atomic E-state index is 12.2. The number of nitrogens with zero attached hydrogens (tertiary/aromatic N) is 1. The van der Waals surface area contributed by atoms with Gasteiger partial charge in [-0.05, 0) is 31.6 Å². The monoisotopic (exact) mass is 317 g/mol. The molecule has 122 valence electrons. The van der Waals surface area contributed by atoms with Crippen molar-refractivity contribution in [3.63, 3.8) is 0 Å². The molecule has 2 aliphatic rings. The van der Waals surface area contributed by atoms with Crippen LogP contribution in [0.5, 0.6) is 0 Å². The van der Waals surface area contributed by atoms with Crippen molar-refractivity contribution in [2.75, 3.05) is 25.9 Å². The zero-order valence-electron chi connectivity index (χ0n) is 12.8. The van der Waals surface area contributed by atoms with Gasteiger partial charge in [0.05, 0.1) is 6.26 Å². The Balaban J connectivity index is 1.76. The number of carbonyl (C=O) groups excluding carboxylic acids is 1. The van der Waals surface area contributed by atoms with Crippen LogP contribution in [0.4, 0.5) is 4.79 Å². The molecule has 2 amide bonds. The molecule has 0 spiro atoms. The van der Waals surface area contributed by atoms with Gasteiger partial charge in [-0.3, -0.25) is 0 Å². The summed E-state index contributed by atoms with van der Waals surface area (Å²) in [6.45, 7) is 1.92. The van der Waals surface area contributed by atoms with E-state index < -0.39 is 10.0 Å². The molecule has 6 nitrogen and oxygen atoms in total. The van der Waals surface area contributed by atoms with Crippen LogP contribution < -0.4 is 10.0 Å². The van der Waals surface area contributed by atoms with Gasteiger partial charge in [-0.1, -0.05) is 19.3 Å². The Kier molecular flexibility index (Phi) is 5.87. The molecule has 2 N–H and O–H groups in total. The highest BCUT2D eigenvalue weighted by atomic mass is 32.2. The van der Waals surface area contributed by atoms with Gasteiger partial charge in [0.2, 0.25) is 10.0 Å². The van der Waals surface area contributed by atoms with Crippen molar-refractivity contribution in [3.05, 3.63) is 0 Å². The third-order valence-electron chi connectivity index (χ3n) is 4.36. The highest BCUT2D eigenvalue weighted by molar-refractivity contribution is 7.88. The van der Waals surface area contributed by atoms with E-state index in [2.05, 4.69) is 10.0 Å². The summed E-state index contributed by atoms with van der Waals surface area (Å²) in [5.41, 5.74) is 0. The van der Waals surface area contributed by atoms with Gasteiger partial charge in [-0.15, -0.1) is 0 Å². The third kappa shape index (κ3) is 5.82. The molecule has 7 heteroatoms. The van der Waals surface area contributed by atoms with Crippen LogP contribution >= 0.6 is 0 Å². The van der Waals surface area contributed by atoms with Crippen LogP contribution in [0.3, 0.4) is 0 Å². The van der Waals surface area contributed by atoms with E-state index in [1.54, 1.807) is 4.90 Å². The quantitative estimate of drug-likeness (QED) is 0.820. The molecule has 1 atom stereocenters. The zero-order valence-corrected chi connectivity index (χ0v) is 13.6. The minimum atomic E-state index is -3.21. The number of carbonyl (C=O) groups is 1. The number of amides is 2. The third-order valence-corrected chi connectivity index (χ3v) is 5.12.